The van der Waals surface area contributed by atoms with E-state index in [-0.39, 0.29) is 0 Å². The molecule has 256 valence electrons. The van der Waals surface area contributed by atoms with Crippen molar-refractivity contribution in [3.05, 3.63) is 0 Å². The number of hydrogen-bond donors (Lipinski definition) is 3. The van der Waals surface area contributed by atoms with Crippen molar-refractivity contribution in [3.63, 3.8) is 0 Å². The van der Waals surface area contributed by atoms with Gasteiger partial charge in [0.2, 0.25) is 12.2 Å². The van der Waals surface area contributed by atoms with Crippen LogP contribution in [0.25, 0.3) is 0 Å². The zero-order valence-electron chi connectivity index (χ0n) is 27.1. The third-order valence-electron chi connectivity index (χ3n) is 8.06. The first kappa shape index (κ1) is 39.8. The number of rotatable bonds is 25. The third-order valence-corrected chi connectivity index (χ3v) is 8.06. The molecule has 0 aliphatic carbocycles. The van der Waals surface area contributed by atoms with Crippen molar-refractivity contribution >= 4 is 23.9 Å². The van der Waals surface area contributed by atoms with E-state index < -0.39 is 67.6 Å². The second kappa shape index (κ2) is 24.1. The molecule has 4 unspecified atom stereocenters. The van der Waals surface area contributed by atoms with Gasteiger partial charge in [-0.25, -0.2) is 14.4 Å². The molecule has 44 heavy (non-hydrogen) atoms. The SMILES string of the molecule is CCCCCCCCCCCCC(CCCCCCCCCC)C(=O)OC1(CO)OC(=O)C(CO)OC(=O)C(CO)OC1=O. The van der Waals surface area contributed by atoms with Gasteiger partial charge in [-0.05, 0) is 12.8 Å². The van der Waals surface area contributed by atoms with E-state index in [2.05, 4.69) is 13.8 Å². The summed E-state index contributed by atoms with van der Waals surface area (Å²) in [6, 6.07) is 0. The molecular weight excluding hydrogens is 572 g/mol. The Kier molecular flexibility index (Phi) is 21.7. The van der Waals surface area contributed by atoms with Gasteiger partial charge in [-0.15, -0.1) is 0 Å². The molecule has 1 aliphatic heterocycles. The Labute approximate surface area is 263 Å². The minimum absolute atomic E-state index is 0.496. The molecule has 4 atom stereocenters. The number of aliphatic hydroxyl groups is 3. The predicted octanol–water partition coefficient (Wildman–Crippen LogP) is 5.04. The Balaban J connectivity index is 2.88. The summed E-state index contributed by atoms with van der Waals surface area (Å²) in [6.45, 7) is 1.07. The molecule has 0 radical (unpaired) electrons. The third kappa shape index (κ3) is 15.2. The molecule has 1 heterocycles. The molecule has 0 bridgehead atoms. The fourth-order valence-corrected chi connectivity index (χ4v) is 5.25. The molecule has 0 amide bonds. The lowest BCUT2D eigenvalue weighted by molar-refractivity contribution is -0.253. The van der Waals surface area contributed by atoms with Crippen LogP contribution in [0, 0.1) is 5.92 Å². The Morgan fingerprint density at radius 3 is 1.48 bits per heavy atom. The van der Waals surface area contributed by atoms with E-state index in [1.54, 1.807) is 0 Å². The molecule has 0 aromatic rings. The number of esters is 4. The van der Waals surface area contributed by atoms with Crippen molar-refractivity contribution in [1.82, 2.24) is 0 Å². The van der Waals surface area contributed by atoms with Gasteiger partial charge < -0.3 is 34.3 Å². The van der Waals surface area contributed by atoms with E-state index in [0.29, 0.717) is 12.8 Å². The van der Waals surface area contributed by atoms with Crippen molar-refractivity contribution in [2.24, 2.45) is 5.92 Å². The highest BCUT2D eigenvalue weighted by Gasteiger charge is 2.53. The van der Waals surface area contributed by atoms with Gasteiger partial charge in [-0.3, -0.25) is 4.79 Å². The number of cyclic esters (lactones) is 3. The van der Waals surface area contributed by atoms with Gasteiger partial charge in [0, 0.05) is 0 Å². The highest BCUT2D eigenvalue weighted by Crippen LogP contribution is 2.27. The molecular formula is C33H58O11. The molecule has 0 spiro atoms. The minimum Gasteiger partial charge on any atom is -0.445 e. The number of carbonyl (C=O) groups is 4. The highest BCUT2D eigenvalue weighted by atomic mass is 16.8. The number of ether oxygens (including phenoxy) is 4. The van der Waals surface area contributed by atoms with Crippen LogP contribution in [0.3, 0.4) is 0 Å². The minimum atomic E-state index is -2.92. The van der Waals surface area contributed by atoms with E-state index in [0.717, 1.165) is 51.4 Å². The lowest BCUT2D eigenvalue weighted by Crippen LogP contribution is -2.54. The Morgan fingerprint density at radius 2 is 1.07 bits per heavy atom. The molecule has 1 saturated heterocycles. The van der Waals surface area contributed by atoms with Crippen LogP contribution in [0.4, 0.5) is 0 Å². The maximum absolute atomic E-state index is 13.5. The molecule has 3 N–H and O–H groups in total. The van der Waals surface area contributed by atoms with Gasteiger partial charge in [0.15, 0.2) is 0 Å². The number of aliphatic hydroxyl groups excluding tert-OH is 3. The Hall–Kier alpha value is -2.24. The van der Waals surface area contributed by atoms with Crippen LogP contribution in [0.5, 0.6) is 0 Å². The van der Waals surface area contributed by atoms with Crippen LogP contribution in [-0.2, 0) is 38.1 Å². The van der Waals surface area contributed by atoms with E-state index in [4.69, 9.17) is 18.9 Å². The number of unbranched alkanes of at least 4 members (excludes halogenated alkanes) is 16. The van der Waals surface area contributed by atoms with Crippen molar-refractivity contribution in [2.75, 3.05) is 19.8 Å². The lowest BCUT2D eigenvalue weighted by Gasteiger charge is -2.30. The van der Waals surface area contributed by atoms with Crippen molar-refractivity contribution in [3.8, 4) is 0 Å². The van der Waals surface area contributed by atoms with Crippen LogP contribution in [0.15, 0.2) is 0 Å². The van der Waals surface area contributed by atoms with Crippen molar-refractivity contribution < 1.29 is 53.4 Å². The molecule has 11 nitrogen and oxygen atoms in total. The van der Waals surface area contributed by atoms with Gasteiger partial charge in [-0.1, -0.05) is 129 Å². The summed E-state index contributed by atoms with van der Waals surface area (Å²) in [7, 11) is 0. The summed E-state index contributed by atoms with van der Waals surface area (Å²) in [4.78, 5) is 51.3. The van der Waals surface area contributed by atoms with Crippen LogP contribution >= 0.6 is 0 Å². The van der Waals surface area contributed by atoms with Crippen molar-refractivity contribution in [1.29, 1.82) is 0 Å². The van der Waals surface area contributed by atoms with Gasteiger partial charge in [0.25, 0.3) is 0 Å². The first-order chi connectivity index (χ1) is 21.3. The smallest absolute Gasteiger partial charge is 0.396 e. The highest BCUT2D eigenvalue weighted by molar-refractivity contribution is 5.90. The van der Waals surface area contributed by atoms with E-state index >= 15 is 0 Å². The van der Waals surface area contributed by atoms with Crippen LogP contribution in [0.1, 0.15) is 142 Å². The first-order valence-corrected chi connectivity index (χ1v) is 17.0. The summed E-state index contributed by atoms with van der Waals surface area (Å²) >= 11 is 0. The first-order valence-electron chi connectivity index (χ1n) is 17.0. The summed E-state index contributed by atoms with van der Waals surface area (Å²) in [5, 5.41) is 29.2. The zero-order valence-corrected chi connectivity index (χ0v) is 27.1. The maximum atomic E-state index is 13.5. The Bertz CT molecular complexity index is 816. The van der Waals surface area contributed by atoms with E-state index in [9.17, 15) is 34.5 Å². The van der Waals surface area contributed by atoms with Gasteiger partial charge in [-0.2, -0.15) is 0 Å². The summed E-state index contributed by atoms with van der Waals surface area (Å²) < 4.78 is 20.2. The summed E-state index contributed by atoms with van der Waals surface area (Å²) in [5.41, 5.74) is 0. The molecule has 1 fully saturated rings. The van der Waals surface area contributed by atoms with Crippen LogP contribution in [0.2, 0.25) is 0 Å². The van der Waals surface area contributed by atoms with Gasteiger partial charge in [0.1, 0.15) is 6.61 Å². The fraction of sp³-hybridized carbons (Fsp3) is 0.879. The maximum Gasteiger partial charge on any atom is 0.396 e. The monoisotopic (exact) mass is 630 g/mol. The van der Waals surface area contributed by atoms with Crippen LogP contribution in [-0.4, -0.2) is 77.0 Å². The molecule has 0 aromatic heterocycles. The average molecular weight is 631 g/mol. The number of carbonyl (C=O) groups excluding carboxylic acids is 4. The number of hydrogen-bond acceptors (Lipinski definition) is 11. The second-order valence-electron chi connectivity index (χ2n) is 11.9. The predicted molar refractivity (Wildman–Crippen MR) is 163 cm³/mol. The standard InChI is InChI=1S/C33H58O11/c1-3-5-7-9-11-13-14-16-18-20-22-26(21-19-17-15-12-10-8-6-4-2)29(37)43-33(25-36)32(40)42-27(23-34)30(38)41-28(24-35)31(39)44-33/h26-28,34-36H,3-25H2,1-2H3. The Morgan fingerprint density at radius 1 is 0.659 bits per heavy atom. The van der Waals surface area contributed by atoms with Crippen LogP contribution < -0.4 is 0 Å². The van der Waals surface area contributed by atoms with Crippen molar-refractivity contribution in [2.45, 2.75) is 160 Å². The van der Waals surface area contributed by atoms with E-state index in [1.165, 1.54) is 64.2 Å². The molecule has 0 saturated carbocycles. The average Bonchev–Trinajstić information content (AvgIpc) is 3.05. The van der Waals surface area contributed by atoms with Gasteiger partial charge >= 0.3 is 29.7 Å². The summed E-state index contributed by atoms with van der Waals surface area (Å²) in [6.07, 6.45) is 17.3. The zero-order chi connectivity index (χ0) is 32.6. The molecule has 11 heteroatoms. The quantitative estimate of drug-likeness (QED) is 0.0702. The molecule has 1 rings (SSSR count). The molecule has 0 aromatic carbocycles. The fourth-order valence-electron chi connectivity index (χ4n) is 5.25. The second-order valence-corrected chi connectivity index (χ2v) is 11.9. The summed E-state index contributed by atoms with van der Waals surface area (Å²) in [5.74, 6) is -8.63. The van der Waals surface area contributed by atoms with E-state index in [1.807, 2.05) is 0 Å². The topological polar surface area (TPSA) is 166 Å². The van der Waals surface area contributed by atoms with Gasteiger partial charge in [0.05, 0.1) is 19.1 Å². The molecule has 1 aliphatic rings. The lowest BCUT2D eigenvalue weighted by atomic mass is 9.94. The normalized spacial score (nSPS) is 21.4. The largest absolute Gasteiger partial charge is 0.445 e.